The summed E-state index contributed by atoms with van der Waals surface area (Å²) in [5, 5.41) is -0.863. The van der Waals surface area contributed by atoms with Crippen LogP contribution in [0, 0.1) is 17.8 Å². The lowest BCUT2D eigenvalue weighted by molar-refractivity contribution is -0.358. The molecule has 12 heteroatoms. The van der Waals surface area contributed by atoms with E-state index in [1.165, 1.54) is 0 Å². The Morgan fingerprint density at radius 1 is 0.625 bits per heavy atom. The predicted molar refractivity (Wildman–Crippen MR) is 97.4 cm³/mol. The SMILES string of the molecule is FC1CC(C2CCC(OC(F)(F)C3C(F)CC(Cl)CC3F)CC2)CC(F)C1OC(F)(F)F. The zero-order valence-corrected chi connectivity index (χ0v) is 17.8. The summed E-state index contributed by atoms with van der Waals surface area (Å²) in [4.78, 5) is 0. The average Bonchev–Trinajstić information content (AvgIpc) is 2.63. The van der Waals surface area contributed by atoms with Crippen molar-refractivity contribution in [2.24, 2.45) is 17.8 Å². The van der Waals surface area contributed by atoms with Gasteiger partial charge >= 0.3 is 12.5 Å². The van der Waals surface area contributed by atoms with Gasteiger partial charge < -0.3 is 4.74 Å². The number of halogens is 10. The molecule has 0 aliphatic heterocycles. The van der Waals surface area contributed by atoms with Gasteiger partial charge in [0.2, 0.25) is 0 Å². The summed E-state index contributed by atoms with van der Waals surface area (Å²) in [6, 6.07) is 0. The maximum Gasteiger partial charge on any atom is 0.522 e. The Morgan fingerprint density at radius 2 is 1.12 bits per heavy atom. The topological polar surface area (TPSA) is 18.5 Å². The third-order valence-corrected chi connectivity index (χ3v) is 7.23. The van der Waals surface area contributed by atoms with E-state index in [0.717, 1.165) is 0 Å². The van der Waals surface area contributed by atoms with Gasteiger partial charge in [0.25, 0.3) is 0 Å². The normalized spacial score (nSPS) is 44.4. The van der Waals surface area contributed by atoms with E-state index in [-0.39, 0.29) is 44.4 Å². The zero-order chi connectivity index (χ0) is 23.8. The van der Waals surface area contributed by atoms with Crippen molar-refractivity contribution in [3.05, 3.63) is 0 Å². The zero-order valence-electron chi connectivity index (χ0n) is 17.0. The van der Waals surface area contributed by atoms with Crippen LogP contribution in [-0.2, 0) is 9.47 Å². The smallest absolute Gasteiger partial charge is 0.317 e. The molecule has 3 fully saturated rings. The van der Waals surface area contributed by atoms with E-state index in [0.29, 0.717) is 0 Å². The summed E-state index contributed by atoms with van der Waals surface area (Å²) in [5.41, 5.74) is 0. The first-order valence-electron chi connectivity index (χ1n) is 10.8. The molecule has 4 unspecified atom stereocenters. The van der Waals surface area contributed by atoms with Crippen molar-refractivity contribution in [2.75, 3.05) is 0 Å². The van der Waals surface area contributed by atoms with Gasteiger partial charge in [-0.2, -0.15) is 8.78 Å². The van der Waals surface area contributed by atoms with Crippen LogP contribution in [0.1, 0.15) is 51.4 Å². The molecule has 3 saturated carbocycles. The summed E-state index contributed by atoms with van der Waals surface area (Å²) in [6.07, 6.45) is -21.7. The van der Waals surface area contributed by atoms with Gasteiger partial charge in [-0.3, -0.25) is 4.74 Å². The Balaban J connectivity index is 1.51. The fraction of sp³-hybridized carbons (Fsp3) is 1.00. The first-order chi connectivity index (χ1) is 14.8. The first-order valence-corrected chi connectivity index (χ1v) is 11.2. The maximum atomic E-state index is 14.5. The standard InChI is InChI=1S/C20H26ClF9O2/c21-11-7-13(22)17(14(23)8-11)19(26,27)31-12-3-1-9(2-4-12)10-5-15(24)18(16(25)6-10)32-20(28,29)30/h9-18H,1-8H2. The van der Waals surface area contributed by atoms with Crippen LogP contribution in [0.15, 0.2) is 0 Å². The number of hydrogen-bond donors (Lipinski definition) is 0. The molecule has 0 bridgehead atoms. The van der Waals surface area contributed by atoms with Crippen LogP contribution in [0.5, 0.6) is 0 Å². The Labute approximate surface area is 185 Å². The van der Waals surface area contributed by atoms with Gasteiger partial charge in [0.1, 0.15) is 36.7 Å². The highest BCUT2D eigenvalue weighted by molar-refractivity contribution is 6.20. The monoisotopic (exact) mass is 504 g/mol. The van der Waals surface area contributed by atoms with Crippen molar-refractivity contribution < 1.29 is 49.0 Å². The fourth-order valence-electron chi connectivity index (χ4n) is 5.36. The van der Waals surface area contributed by atoms with E-state index in [4.69, 9.17) is 16.3 Å². The second kappa shape index (κ2) is 10.1. The van der Waals surface area contributed by atoms with Crippen LogP contribution in [0.25, 0.3) is 0 Å². The molecule has 0 saturated heterocycles. The second-order valence-corrected chi connectivity index (χ2v) is 9.75. The molecule has 188 valence electrons. The lowest BCUT2D eigenvalue weighted by Crippen LogP contribution is -2.50. The van der Waals surface area contributed by atoms with E-state index >= 15 is 0 Å². The second-order valence-electron chi connectivity index (χ2n) is 9.13. The molecular weight excluding hydrogens is 479 g/mol. The highest BCUT2D eigenvalue weighted by atomic mass is 35.5. The van der Waals surface area contributed by atoms with Crippen molar-refractivity contribution in [3.8, 4) is 0 Å². The van der Waals surface area contributed by atoms with Crippen LogP contribution in [0.3, 0.4) is 0 Å². The highest BCUT2D eigenvalue weighted by Crippen LogP contribution is 2.46. The number of hydrogen-bond acceptors (Lipinski definition) is 2. The van der Waals surface area contributed by atoms with Crippen LogP contribution in [-0.4, -0.2) is 54.7 Å². The molecule has 2 nitrogen and oxygen atoms in total. The van der Waals surface area contributed by atoms with Crippen LogP contribution in [0.4, 0.5) is 39.5 Å². The molecule has 0 aromatic carbocycles. The third-order valence-electron chi connectivity index (χ3n) is 6.88. The van der Waals surface area contributed by atoms with Gasteiger partial charge in [-0.15, -0.1) is 24.8 Å². The Kier molecular flexibility index (Phi) is 8.23. The van der Waals surface area contributed by atoms with Gasteiger partial charge in [-0.1, -0.05) is 0 Å². The summed E-state index contributed by atoms with van der Waals surface area (Å²) in [6.45, 7) is 0. The molecule has 0 amide bonds. The quantitative estimate of drug-likeness (QED) is 0.301. The summed E-state index contributed by atoms with van der Waals surface area (Å²) < 4.78 is 131. The van der Waals surface area contributed by atoms with Crippen molar-refractivity contribution >= 4 is 11.6 Å². The van der Waals surface area contributed by atoms with E-state index in [1.807, 2.05) is 0 Å². The Bertz CT molecular complexity index is 590. The maximum absolute atomic E-state index is 14.5. The molecule has 0 heterocycles. The Hall–Kier alpha value is -0.420. The number of alkyl halides is 10. The molecule has 0 aromatic rings. The largest absolute Gasteiger partial charge is 0.522 e. The molecule has 0 N–H and O–H groups in total. The number of ether oxygens (including phenoxy) is 2. The van der Waals surface area contributed by atoms with Gasteiger partial charge in [0.05, 0.1) is 6.10 Å². The van der Waals surface area contributed by atoms with Gasteiger partial charge in [0.15, 0.2) is 0 Å². The fourth-order valence-corrected chi connectivity index (χ4v) is 5.70. The minimum absolute atomic E-state index is 0.0892. The highest BCUT2D eigenvalue weighted by Gasteiger charge is 2.55. The molecule has 4 atom stereocenters. The molecule has 3 aliphatic carbocycles. The molecule has 0 spiro atoms. The Morgan fingerprint density at radius 3 is 1.59 bits per heavy atom. The van der Waals surface area contributed by atoms with Gasteiger partial charge in [0, 0.05) is 5.38 Å². The van der Waals surface area contributed by atoms with E-state index in [1.54, 1.807) is 0 Å². The average molecular weight is 505 g/mol. The van der Waals surface area contributed by atoms with E-state index < -0.39 is 79.4 Å². The van der Waals surface area contributed by atoms with Crippen LogP contribution >= 0.6 is 11.6 Å². The van der Waals surface area contributed by atoms with E-state index in [2.05, 4.69) is 4.74 Å². The van der Waals surface area contributed by atoms with Gasteiger partial charge in [-0.05, 0) is 63.2 Å². The molecule has 0 aromatic heterocycles. The first kappa shape index (κ1) is 26.2. The van der Waals surface area contributed by atoms with Gasteiger partial charge in [-0.25, -0.2) is 17.6 Å². The lowest BCUT2D eigenvalue weighted by atomic mass is 9.71. The summed E-state index contributed by atoms with van der Waals surface area (Å²) in [5.74, 6) is -3.08. The minimum Gasteiger partial charge on any atom is -0.317 e. The van der Waals surface area contributed by atoms with Crippen LogP contribution in [0.2, 0.25) is 0 Å². The summed E-state index contributed by atoms with van der Waals surface area (Å²) in [7, 11) is 0. The molecule has 3 rings (SSSR count). The lowest BCUT2D eigenvalue weighted by Gasteiger charge is -2.42. The predicted octanol–water partition coefficient (Wildman–Crippen LogP) is 6.84. The molecule has 3 aliphatic rings. The van der Waals surface area contributed by atoms with Crippen LogP contribution < -0.4 is 0 Å². The van der Waals surface area contributed by atoms with Crippen molar-refractivity contribution in [1.29, 1.82) is 0 Å². The summed E-state index contributed by atoms with van der Waals surface area (Å²) >= 11 is 5.68. The molecule has 32 heavy (non-hydrogen) atoms. The third kappa shape index (κ3) is 6.37. The van der Waals surface area contributed by atoms with Crippen molar-refractivity contribution in [1.82, 2.24) is 0 Å². The van der Waals surface area contributed by atoms with E-state index in [9.17, 15) is 39.5 Å². The van der Waals surface area contributed by atoms with Crippen molar-refractivity contribution in [3.63, 3.8) is 0 Å². The molecular formula is C20H26ClF9O2. The number of rotatable bonds is 5. The van der Waals surface area contributed by atoms with Crippen molar-refractivity contribution in [2.45, 2.75) is 106 Å². The minimum atomic E-state index is -5.15. The molecule has 0 radical (unpaired) electrons.